The van der Waals surface area contributed by atoms with Crippen LogP contribution in [0.15, 0.2) is 53.3 Å². The second-order valence-corrected chi connectivity index (χ2v) is 4.65. The molecular weight excluding hydrogens is 224 g/mol. The molecule has 0 fully saturated rings. The molecule has 2 aromatic rings. The molecule has 0 bridgehead atoms. The highest BCUT2D eigenvalue weighted by atomic mass is 16.3. The summed E-state index contributed by atoms with van der Waals surface area (Å²) >= 11 is 0. The molecule has 0 heterocycles. The predicted octanol–water partition coefficient (Wildman–Crippen LogP) is 3.54. The molecule has 0 aliphatic carbocycles. The minimum atomic E-state index is -0.361. The van der Waals surface area contributed by atoms with Crippen molar-refractivity contribution >= 4 is 0 Å². The Kier molecular flexibility index (Phi) is 3.47. The van der Waals surface area contributed by atoms with E-state index in [1.807, 2.05) is 12.1 Å². The van der Waals surface area contributed by atoms with Crippen LogP contribution in [0.2, 0.25) is 0 Å². The molecule has 2 nitrogen and oxygen atoms in total. The third kappa shape index (κ3) is 2.59. The van der Waals surface area contributed by atoms with Crippen LogP contribution in [-0.2, 0) is 0 Å². The van der Waals surface area contributed by atoms with Crippen molar-refractivity contribution in [1.29, 1.82) is 0 Å². The third-order valence-corrected chi connectivity index (χ3v) is 3.00. The molecule has 0 aromatic heterocycles. The van der Waals surface area contributed by atoms with Crippen molar-refractivity contribution < 1.29 is 5.11 Å². The molecule has 2 heteroatoms. The van der Waals surface area contributed by atoms with E-state index in [1.54, 1.807) is 12.1 Å². The van der Waals surface area contributed by atoms with E-state index in [-0.39, 0.29) is 11.2 Å². The van der Waals surface area contributed by atoms with Gasteiger partial charge < -0.3 is 5.11 Å². The van der Waals surface area contributed by atoms with Gasteiger partial charge >= 0.3 is 0 Å². The van der Waals surface area contributed by atoms with Crippen molar-refractivity contribution in [2.75, 3.05) is 0 Å². The molecule has 0 saturated heterocycles. The first kappa shape index (κ1) is 12.4. The van der Waals surface area contributed by atoms with Crippen LogP contribution < -0.4 is 5.43 Å². The quantitative estimate of drug-likeness (QED) is 0.871. The second-order valence-electron chi connectivity index (χ2n) is 4.65. The lowest BCUT2D eigenvalue weighted by atomic mass is 9.99. The zero-order valence-electron chi connectivity index (χ0n) is 10.6. The third-order valence-electron chi connectivity index (χ3n) is 3.00. The van der Waals surface area contributed by atoms with Gasteiger partial charge in [-0.05, 0) is 34.7 Å². The van der Waals surface area contributed by atoms with Crippen molar-refractivity contribution in [3.63, 3.8) is 0 Å². The van der Waals surface area contributed by atoms with E-state index in [1.165, 1.54) is 17.7 Å². The van der Waals surface area contributed by atoms with Crippen molar-refractivity contribution in [2.24, 2.45) is 0 Å². The lowest BCUT2D eigenvalue weighted by molar-refractivity contribution is 0.471. The van der Waals surface area contributed by atoms with Crippen molar-refractivity contribution in [1.82, 2.24) is 0 Å². The molecule has 2 rings (SSSR count). The molecule has 0 aliphatic rings. The van der Waals surface area contributed by atoms with E-state index in [0.717, 1.165) is 11.1 Å². The van der Waals surface area contributed by atoms with Crippen LogP contribution in [0.3, 0.4) is 0 Å². The summed E-state index contributed by atoms with van der Waals surface area (Å²) < 4.78 is 0. The Balaban J connectivity index is 2.43. The van der Waals surface area contributed by atoms with Gasteiger partial charge in [0.15, 0.2) is 5.75 Å². The molecule has 2 aromatic carbocycles. The summed E-state index contributed by atoms with van der Waals surface area (Å²) in [7, 11) is 0. The lowest BCUT2D eigenvalue weighted by Gasteiger charge is -2.06. The summed E-state index contributed by atoms with van der Waals surface area (Å²) in [4.78, 5) is 11.3. The first-order valence-corrected chi connectivity index (χ1v) is 6.01. The van der Waals surface area contributed by atoms with E-state index in [2.05, 4.69) is 26.0 Å². The highest BCUT2D eigenvalue weighted by Crippen LogP contribution is 2.22. The Morgan fingerprint density at radius 1 is 0.833 bits per heavy atom. The van der Waals surface area contributed by atoms with Gasteiger partial charge in [-0.15, -0.1) is 0 Å². The van der Waals surface area contributed by atoms with Crippen LogP contribution in [0.25, 0.3) is 11.1 Å². The molecule has 0 unspecified atom stereocenters. The minimum absolute atomic E-state index is 0.222. The fourth-order valence-corrected chi connectivity index (χ4v) is 1.81. The molecule has 0 saturated carbocycles. The van der Waals surface area contributed by atoms with Crippen molar-refractivity contribution in [3.05, 3.63) is 64.3 Å². The number of hydrogen-bond donors (Lipinski definition) is 1. The normalized spacial score (nSPS) is 10.6. The van der Waals surface area contributed by atoms with E-state index in [0.29, 0.717) is 5.92 Å². The predicted molar refractivity (Wildman–Crippen MR) is 73.9 cm³/mol. The average Bonchev–Trinajstić information content (AvgIpc) is 2.53. The van der Waals surface area contributed by atoms with Gasteiger partial charge in [-0.25, -0.2) is 0 Å². The van der Waals surface area contributed by atoms with Crippen LogP contribution in [-0.4, -0.2) is 5.11 Å². The summed E-state index contributed by atoms with van der Waals surface area (Å²) in [6, 6.07) is 14.6. The Labute approximate surface area is 107 Å². The summed E-state index contributed by atoms with van der Waals surface area (Å²) in [5.74, 6) is 0.281. The zero-order valence-corrected chi connectivity index (χ0v) is 10.6. The molecule has 18 heavy (non-hydrogen) atoms. The lowest BCUT2D eigenvalue weighted by Crippen LogP contribution is -1.91. The van der Waals surface area contributed by atoms with Gasteiger partial charge in [0.2, 0.25) is 5.43 Å². The highest BCUT2D eigenvalue weighted by molar-refractivity contribution is 5.63. The number of aromatic hydroxyl groups is 1. The smallest absolute Gasteiger partial charge is 0.220 e. The molecule has 0 radical (unpaired) electrons. The monoisotopic (exact) mass is 240 g/mol. The first-order chi connectivity index (χ1) is 8.58. The number of hydrogen-bond acceptors (Lipinski definition) is 2. The highest BCUT2D eigenvalue weighted by Gasteiger charge is 2.01. The second kappa shape index (κ2) is 5.05. The van der Waals surface area contributed by atoms with Crippen LogP contribution in [0.4, 0.5) is 0 Å². The Hall–Kier alpha value is -2.09. The van der Waals surface area contributed by atoms with Crippen LogP contribution in [0, 0.1) is 0 Å². The van der Waals surface area contributed by atoms with E-state index >= 15 is 0 Å². The fraction of sp³-hybridized carbons (Fsp3) is 0.188. The molecular formula is C16H16O2. The van der Waals surface area contributed by atoms with Crippen molar-refractivity contribution in [3.8, 4) is 16.9 Å². The Bertz CT molecular complexity index is 598. The van der Waals surface area contributed by atoms with Gasteiger partial charge in [0.1, 0.15) is 0 Å². The average molecular weight is 240 g/mol. The van der Waals surface area contributed by atoms with Crippen LogP contribution in [0.5, 0.6) is 5.75 Å². The van der Waals surface area contributed by atoms with Crippen LogP contribution >= 0.6 is 0 Å². The summed E-state index contributed by atoms with van der Waals surface area (Å²) in [5.41, 5.74) is 2.88. The molecule has 0 spiro atoms. The summed E-state index contributed by atoms with van der Waals surface area (Å²) in [6.45, 7) is 4.30. The van der Waals surface area contributed by atoms with E-state index in [9.17, 15) is 9.90 Å². The van der Waals surface area contributed by atoms with Gasteiger partial charge in [0.25, 0.3) is 0 Å². The van der Waals surface area contributed by atoms with E-state index < -0.39 is 0 Å². The number of benzene rings is 1. The van der Waals surface area contributed by atoms with E-state index in [4.69, 9.17) is 0 Å². The minimum Gasteiger partial charge on any atom is -0.504 e. The fourth-order valence-electron chi connectivity index (χ4n) is 1.81. The molecule has 0 atom stereocenters. The van der Waals surface area contributed by atoms with Gasteiger partial charge in [-0.1, -0.05) is 50.2 Å². The molecule has 0 amide bonds. The Morgan fingerprint density at radius 3 is 1.89 bits per heavy atom. The van der Waals surface area contributed by atoms with Gasteiger partial charge in [-0.3, -0.25) is 4.79 Å². The molecule has 0 aliphatic heterocycles. The SMILES string of the molecule is CC(C)c1ccc(-c2ccc(O)c(=O)cc2)cc1. The maximum absolute atomic E-state index is 11.3. The van der Waals surface area contributed by atoms with Gasteiger partial charge in [0.05, 0.1) is 0 Å². The molecule has 1 N–H and O–H groups in total. The van der Waals surface area contributed by atoms with Crippen LogP contribution in [0.1, 0.15) is 25.3 Å². The maximum Gasteiger partial charge on any atom is 0.220 e. The maximum atomic E-state index is 11.3. The van der Waals surface area contributed by atoms with Gasteiger partial charge in [-0.2, -0.15) is 0 Å². The Morgan fingerprint density at radius 2 is 1.33 bits per heavy atom. The largest absolute Gasteiger partial charge is 0.504 e. The zero-order chi connectivity index (χ0) is 13.1. The number of rotatable bonds is 2. The summed E-state index contributed by atoms with van der Waals surface area (Å²) in [5, 5.41) is 9.36. The standard InChI is InChI=1S/C16H16O2/c1-11(2)12-3-5-13(6-4-12)14-7-9-15(17)16(18)10-8-14/h3-11H,1-2H3,(H,17,18). The van der Waals surface area contributed by atoms with Crippen molar-refractivity contribution in [2.45, 2.75) is 19.8 Å². The van der Waals surface area contributed by atoms with Gasteiger partial charge in [0, 0.05) is 0 Å². The first-order valence-electron chi connectivity index (χ1n) is 6.01. The summed E-state index contributed by atoms with van der Waals surface area (Å²) in [6.07, 6.45) is 0. The topological polar surface area (TPSA) is 37.3 Å². The molecule has 92 valence electrons.